The minimum Gasteiger partial charge on any atom is -0.493 e. The number of aryl methyl sites for hydroxylation is 2. The number of ether oxygens (including phenoxy) is 1. The van der Waals surface area contributed by atoms with Crippen molar-refractivity contribution in [2.75, 3.05) is 39.8 Å². The Morgan fingerprint density at radius 1 is 1.05 bits per heavy atom. The van der Waals surface area contributed by atoms with Gasteiger partial charge in [0.2, 0.25) is 10.0 Å². The Balaban J connectivity index is 0.00000324. The summed E-state index contributed by atoms with van der Waals surface area (Å²) in [6.07, 6.45) is 1.54. The molecule has 15 heteroatoms. The van der Waals surface area contributed by atoms with Crippen LogP contribution in [0.4, 0.5) is 0 Å². The topological polar surface area (TPSA) is 208 Å². The highest BCUT2D eigenvalue weighted by atomic mass is 35.5. The molecule has 0 amide bonds. The largest absolute Gasteiger partial charge is 0.493 e. The van der Waals surface area contributed by atoms with Gasteiger partial charge in [0.25, 0.3) is 5.56 Å². The van der Waals surface area contributed by atoms with Gasteiger partial charge in [-0.25, -0.2) is 13.4 Å². The third-order valence-electron chi connectivity index (χ3n) is 5.86. The summed E-state index contributed by atoms with van der Waals surface area (Å²) in [6, 6.07) is 4.71. The number of likely N-dealkylation sites (N-methyl/N-ethyl adjacent to an activating group) is 1. The molecule has 1 aromatic carbocycles. The summed E-state index contributed by atoms with van der Waals surface area (Å²) in [5, 5.41) is 4.45. The van der Waals surface area contributed by atoms with Gasteiger partial charge in [0.05, 0.1) is 22.8 Å². The fourth-order valence-electron chi connectivity index (χ4n) is 4.09. The van der Waals surface area contributed by atoms with Crippen LogP contribution < -0.4 is 10.3 Å². The number of sulfonamides is 1. The van der Waals surface area contributed by atoms with E-state index in [-0.39, 0.29) is 45.1 Å². The first kappa shape index (κ1) is 34.4. The molecular weight excluding hydrogens is 528 g/mol. The number of aromatic amines is 1. The summed E-state index contributed by atoms with van der Waals surface area (Å²) < 4.78 is 35.4. The zero-order valence-corrected chi connectivity index (χ0v) is 23.0. The molecule has 1 aliphatic heterocycles. The Morgan fingerprint density at radius 2 is 1.70 bits per heavy atom. The van der Waals surface area contributed by atoms with Crippen molar-refractivity contribution < 1.29 is 29.6 Å². The Kier molecular flexibility index (Phi) is 12.8. The standard InChI is InChI=1S/C22H30N6O4S.ClH.3H2O/c1-5-7-17-19-20(27(4)25-17)22(29)24-21(23-19)16-14-15(8-9-18(16)32-6-2)33(30,31)28-12-10-26(3)11-13-28;;;;/h8-9,14H,5-7,10-13H2,1-4H3,(H,23,24,29);1H;3*1H2. The van der Waals surface area contributed by atoms with E-state index in [1.54, 1.807) is 25.2 Å². The van der Waals surface area contributed by atoms with E-state index in [1.165, 1.54) is 8.99 Å². The number of rotatable bonds is 7. The molecular formula is C22H37ClN6O7S. The number of H-pyrrole nitrogens is 1. The van der Waals surface area contributed by atoms with Gasteiger partial charge < -0.3 is 31.0 Å². The molecule has 0 aliphatic carbocycles. The molecule has 0 radical (unpaired) electrons. The number of halogens is 1. The molecule has 0 saturated carbocycles. The number of hydrogen-bond acceptors (Lipinski definition) is 7. The average molecular weight is 565 g/mol. The number of nitrogens with one attached hydrogen (secondary N) is 1. The normalized spacial score (nSPS) is 14.2. The second kappa shape index (κ2) is 13.8. The summed E-state index contributed by atoms with van der Waals surface area (Å²) >= 11 is 0. The van der Waals surface area contributed by atoms with Gasteiger partial charge in [-0.1, -0.05) is 13.3 Å². The Bertz CT molecular complexity index is 1340. The van der Waals surface area contributed by atoms with Gasteiger partial charge in [-0.15, -0.1) is 12.4 Å². The van der Waals surface area contributed by atoms with E-state index < -0.39 is 10.0 Å². The highest BCUT2D eigenvalue weighted by Gasteiger charge is 2.29. The third kappa shape index (κ3) is 6.65. The van der Waals surface area contributed by atoms with E-state index >= 15 is 0 Å². The predicted molar refractivity (Wildman–Crippen MR) is 144 cm³/mol. The molecule has 1 fully saturated rings. The highest BCUT2D eigenvalue weighted by molar-refractivity contribution is 7.89. The third-order valence-corrected chi connectivity index (χ3v) is 7.75. The lowest BCUT2D eigenvalue weighted by Gasteiger charge is -2.31. The van der Waals surface area contributed by atoms with Crippen molar-refractivity contribution in [1.29, 1.82) is 0 Å². The maximum Gasteiger partial charge on any atom is 0.277 e. The average Bonchev–Trinajstić information content (AvgIpc) is 3.10. The smallest absolute Gasteiger partial charge is 0.277 e. The minimum absolute atomic E-state index is 0. The van der Waals surface area contributed by atoms with Gasteiger partial charge in [0, 0.05) is 33.2 Å². The summed E-state index contributed by atoms with van der Waals surface area (Å²) in [5.74, 6) is 0.718. The van der Waals surface area contributed by atoms with Crippen molar-refractivity contribution in [3.8, 4) is 17.1 Å². The highest BCUT2D eigenvalue weighted by Crippen LogP contribution is 2.32. The van der Waals surface area contributed by atoms with Crippen LogP contribution in [0.25, 0.3) is 22.4 Å². The molecule has 210 valence electrons. The van der Waals surface area contributed by atoms with Gasteiger partial charge in [0.15, 0.2) is 5.52 Å². The molecule has 4 rings (SSSR count). The Labute approximate surface area is 221 Å². The lowest BCUT2D eigenvalue weighted by Crippen LogP contribution is -2.47. The van der Waals surface area contributed by atoms with Gasteiger partial charge in [0.1, 0.15) is 17.1 Å². The van der Waals surface area contributed by atoms with E-state index in [9.17, 15) is 13.2 Å². The summed E-state index contributed by atoms with van der Waals surface area (Å²) in [5.41, 5.74) is 1.75. The molecule has 37 heavy (non-hydrogen) atoms. The SMILES string of the molecule is CCCc1nn(C)c2c(=O)[nH]c(-c3cc(S(=O)(=O)N4CCN(C)CC4)ccc3OCC)nc12.Cl.O.O.O. The molecule has 7 N–H and O–H groups in total. The molecule has 0 bridgehead atoms. The van der Waals surface area contributed by atoms with Crippen molar-refractivity contribution in [3.05, 3.63) is 34.2 Å². The molecule has 2 aromatic heterocycles. The fraction of sp³-hybridized carbons (Fsp3) is 0.500. The van der Waals surface area contributed by atoms with Crippen LogP contribution in [0.3, 0.4) is 0 Å². The molecule has 1 saturated heterocycles. The minimum atomic E-state index is -3.70. The Morgan fingerprint density at radius 3 is 2.30 bits per heavy atom. The lowest BCUT2D eigenvalue weighted by molar-refractivity contribution is 0.222. The number of hydrogen-bond donors (Lipinski definition) is 1. The van der Waals surface area contributed by atoms with Crippen molar-refractivity contribution in [2.45, 2.75) is 31.6 Å². The summed E-state index contributed by atoms with van der Waals surface area (Å²) in [4.78, 5) is 22.7. The molecule has 0 atom stereocenters. The van der Waals surface area contributed by atoms with Crippen LogP contribution >= 0.6 is 12.4 Å². The van der Waals surface area contributed by atoms with Crippen molar-refractivity contribution >= 4 is 33.5 Å². The molecule has 0 unspecified atom stereocenters. The quantitative estimate of drug-likeness (QED) is 0.399. The van der Waals surface area contributed by atoms with Crippen LogP contribution in [0.15, 0.2) is 27.9 Å². The second-order valence-corrected chi connectivity index (χ2v) is 10.2. The van der Waals surface area contributed by atoms with Gasteiger partial charge in [-0.3, -0.25) is 9.48 Å². The Hall–Kier alpha value is -2.59. The maximum atomic E-state index is 13.3. The van der Waals surface area contributed by atoms with Crippen LogP contribution in [0.5, 0.6) is 5.75 Å². The number of fused-ring (bicyclic) bond motifs is 1. The van der Waals surface area contributed by atoms with Gasteiger partial charge in [-0.05, 0) is 38.6 Å². The van der Waals surface area contributed by atoms with Crippen molar-refractivity contribution in [1.82, 2.24) is 29.0 Å². The lowest BCUT2D eigenvalue weighted by atomic mass is 10.1. The maximum absolute atomic E-state index is 13.3. The van der Waals surface area contributed by atoms with Gasteiger partial charge in [-0.2, -0.15) is 9.40 Å². The molecule has 0 spiro atoms. The van der Waals surface area contributed by atoms with Crippen LogP contribution in [-0.4, -0.2) is 93.6 Å². The summed E-state index contributed by atoms with van der Waals surface area (Å²) in [6.45, 7) is 6.48. The van der Waals surface area contributed by atoms with E-state index in [0.717, 1.165) is 12.1 Å². The van der Waals surface area contributed by atoms with E-state index in [4.69, 9.17) is 9.72 Å². The first-order valence-electron chi connectivity index (χ1n) is 11.2. The fourth-order valence-corrected chi connectivity index (χ4v) is 5.54. The molecule has 3 aromatic rings. The molecule has 1 aliphatic rings. The van der Waals surface area contributed by atoms with Crippen molar-refractivity contribution in [3.63, 3.8) is 0 Å². The molecule has 13 nitrogen and oxygen atoms in total. The number of nitrogens with zero attached hydrogens (tertiary/aromatic N) is 5. The van der Waals surface area contributed by atoms with Crippen LogP contribution in [0.1, 0.15) is 26.0 Å². The number of piperazine rings is 1. The van der Waals surface area contributed by atoms with E-state index in [1.807, 2.05) is 20.9 Å². The van der Waals surface area contributed by atoms with Crippen LogP contribution in [-0.2, 0) is 23.5 Å². The first-order valence-corrected chi connectivity index (χ1v) is 12.6. The summed E-state index contributed by atoms with van der Waals surface area (Å²) in [7, 11) is -0.00831. The zero-order chi connectivity index (χ0) is 23.8. The predicted octanol–water partition coefficient (Wildman–Crippen LogP) is -0.441. The first-order chi connectivity index (χ1) is 15.8. The number of benzene rings is 1. The van der Waals surface area contributed by atoms with Crippen LogP contribution in [0, 0.1) is 0 Å². The molecule has 3 heterocycles. The second-order valence-electron chi connectivity index (χ2n) is 8.23. The van der Waals surface area contributed by atoms with E-state index in [2.05, 4.69) is 15.0 Å². The van der Waals surface area contributed by atoms with Crippen molar-refractivity contribution in [2.24, 2.45) is 7.05 Å². The number of aromatic nitrogens is 4. The van der Waals surface area contributed by atoms with E-state index in [0.29, 0.717) is 61.6 Å². The van der Waals surface area contributed by atoms with Crippen LogP contribution in [0.2, 0.25) is 0 Å². The van der Waals surface area contributed by atoms with Gasteiger partial charge >= 0.3 is 0 Å². The zero-order valence-electron chi connectivity index (χ0n) is 21.4. The monoisotopic (exact) mass is 564 g/mol.